The fourth-order valence-electron chi connectivity index (χ4n) is 2.94. The number of carbonyl (C=O) groups excluding carboxylic acids is 2. The van der Waals surface area contributed by atoms with E-state index in [2.05, 4.69) is 5.32 Å². The summed E-state index contributed by atoms with van der Waals surface area (Å²) >= 11 is 5.90. The summed E-state index contributed by atoms with van der Waals surface area (Å²) in [4.78, 5) is 25.8. The molecular formula is C17H23ClN2O3. The first-order valence-electron chi connectivity index (χ1n) is 7.90. The van der Waals surface area contributed by atoms with Gasteiger partial charge in [-0.1, -0.05) is 23.7 Å². The lowest BCUT2D eigenvalue weighted by Crippen LogP contribution is -2.42. The van der Waals surface area contributed by atoms with Gasteiger partial charge in [0.15, 0.2) is 0 Å². The number of rotatable bonds is 5. The number of likely N-dealkylation sites (tertiary alicyclic amines) is 1. The quantitative estimate of drug-likeness (QED) is 0.864. The lowest BCUT2D eigenvalue weighted by molar-refractivity contribution is -0.134. The molecule has 0 spiro atoms. The molecule has 126 valence electrons. The van der Waals surface area contributed by atoms with Crippen LogP contribution in [0.2, 0.25) is 5.02 Å². The van der Waals surface area contributed by atoms with Crippen molar-refractivity contribution in [2.75, 3.05) is 19.7 Å². The van der Waals surface area contributed by atoms with Crippen LogP contribution in [-0.4, -0.2) is 41.5 Å². The second-order valence-corrected chi connectivity index (χ2v) is 6.48. The van der Waals surface area contributed by atoms with E-state index >= 15 is 0 Å². The Bertz CT molecular complexity index is 547. The first kappa shape index (κ1) is 17.8. The monoisotopic (exact) mass is 338 g/mol. The molecule has 2 N–H and O–H groups in total. The van der Waals surface area contributed by atoms with E-state index < -0.39 is 0 Å². The molecule has 2 amide bonds. The van der Waals surface area contributed by atoms with E-state index in [0.717, 1.165) is 18.4 Å². The fourth-order valence-corrected chi connectivity index (χ4v) is 3.06. The Balaban J connectivity index is 2.06. The summed E-state index contributed by atoms with van der Waals surface area (Å²) in [5, 5.41) is 12.7. The summed E-state index contributed by atoms with van der Waals surface area (Å²) in [6, 6.07) is 6.77. The van der Waals surface area contributed by atoms with Crippen LogP contribution in [-0.2, 0) is 9.59 Å². The zero-order valence-corrected chi connectivity index (χ0v) is 14.1. The van der Waals surface area contributed by atoms with Gasteiger partial charge < -0.3 is 15.3 Å². The third-order valence-corrected chi connectivity index (χ3v) is 4.41. The van der Waals surface area contributed by atoms with E-state index in [4.69, 9.17) is 11.6 Å². The summed E-state index contributed by atoms with van der Waals surface area (Å²) in [7, 11) is 0. The van der Waals surface area contributed by atoms with Crippen molar-refractivity contribution in [3.63, 3.8) is 0 Å². The maximum atomic E-state index is 12.6. The van der Waals surface area contributed by atoms with Crippen LogP contribution < -0.4 is 5.32 Å². The van der Waals surface area contributed by atoms with E-state index in [1.165, 1.54) is 6.92 Å². The molecule has 2 unspecified atom stereocenters. The predicted molar refractivity (Wildman–Crippen MR) is 89.0 cm³/mol. The van der Waals surface area contributed by atoms with Gasteiger partial charge in [0, 0.05) is 31.6 Å². The van der Waals surface area contributed by atoms with Gasteiger partial charge in [-0.3, -0.25) is 9.59 Å². The molecular weight excluding hydrogens is 316 g/mol. The fraction of sp³-hybridized carbons (Fsp3) is 0.529. The Morgan fingerprint density at radius 2 is 2.09 bits per heavy atom. The van der Waals surface area contributed by atoms with Crippen LogP contribution in [0, 0.1) is 5.92 Å². The van der Waals surface area contributed by atoms with E-state index in [1.54, 1.807) is 17.0 Å². The molecule has 1 aromatic carbocycles. The standard InChI is InChI=1S/C17H23ClN2O3/c1-12(22)19-16(14-4-6-15(18)7-5-14)9-17(23)20-8-2-3-13(10-20)11-21/h4-7,13,16,21H,2-3,8-11H2,1H3,(H,19,22). The van der Waals surface area contributed by atoms with Crippen molar-refractivity contribution in [2.24, 2.45) is 5.92 Å². The molecule has 0 radical (unpaired) electrons. The Kier molecular flexibility index (Phi) is 6.42. The Morgan fingerprint density at radius 3 is 2.70 bits per heavy atom. The van der Waals surface area contributed by atoms with Crippen molar-refractivity contribution in [2.45, 2.75) is 32.2 Å². The second kappa shape index (κ2) is 8.31. The molecule has 1 heterocycles. The van der Waals surface area contributed by atoms with Gasteiger partial charge in [0.25, 0.3) is 0 Å². The van der Waals surface area contributed by atoms with E-state index in [9.17, 15) is 14.7 Å². The van der Waals surface area contributed by atoms with Crippen molar-refractivity contribution in [1.29, 1.82) is 0 Å². The second-order valence-electron chi connectivity index (χ2n) is 6.04. The molecule has 2 rings (SSSR count). The highest BCUT2D eigenvalue weighted by Gasteiger charge is 2.26. The van der Waals surface area contributed by atoms with Gasteiger partial charge >= 0.3 is 0 Å². The number of amides is 2. The molecule has 0 aromatic heterocycles. The summed E-state index contributed by atoms with van der Waals surface area (Å²) in [5.41, 5.74) is 0.855. The largest absolute Gasteiger partial charge is 0.396 e. The molecule has 2 atom stereocenters. The third-order valence-electron chi connectivity index (χ3n) is 4.16. The smallest absolute Gasteiger partial charge is 0.224 e. The van der Waals surface area contributed by atoms with Crippen molar-refractivity contribution in [3.05, 3.63) is 34.9 Å². The average Bonchev–Trinajstić information content (AvgIpc) is 2.54. The topological polar surface area (TPSA) is 69.6 Å². The lowest BCUT2D eigenvalue weighted by atomic mass is 9.97. The SMILES string of the molecule is CC(=O)NC(CC(=O)N1CCCC(CO)C1)c1ccc(Cl)cc1. The average molecular weight is 339 g/mol. The minimum Gasteiger partial charge on any atom is -0.396 e. The van der Waals surface area contributed by atoms with Crippen molar-refractivity contribution in [1.82, 2.24) is 10.2 Å². The number of halogens is 1. The van der Waals surface area contributed by atoms with E-state index in [0.29, 0.717) is 18.1 Å². The maximum absolute atomic E-state index is 12.6. The van der Waals surface area contributed by atoms with Crippen LogP contribution in [0.4, 0.5) is 0 Å². The number of hydrogen-bond acceptors (Lipinski definition) is 3. The molecule has 0 aliphatic carbocycles. The van der Waals surface area contributed by atoms with Gasteiger partial charge in [-0.25, -0.2) is 0 Å². The van der Waals surface area contributed by atoms with Crippen LogP contribution >= 0.6 is 11.6 Å². The summed E-state index contributed by atoms with van der Waals surface area (Å²) < 4.78 is 0. The molecule has 1 aliphatic rings. The lowest BCUT2D eigenvalue weighted by Gasteiger charge is -2.33. The minimum absolute atomic E-state index is 0.00292. The molecule has 23 heavy (non-hydrogen) atoms. The number of piperidine rings is 1. The van der Waals surface area contributed by atoms with Crippen LogP contribution in [0.15, 0.2) is 24.3 Å². The normalized spacial score (nSPS) is 19.3. The van der Waals surface area contributed by atoms with Gasteiger partial charge in [-0.05, 0) is 36.5 Å². The van der Waals surface area contributed by atoms with Crippen LogP contribution in [0.25, 0.3) is 0 Å². The summed E-state index contributed by atoms with van der Waals surface area (Å²) in [6.45, 7) is 2.84. The number of hydrogen-bond donors (Lipinski definition) is 2. The number of aliphatic hydroxyl groups excluding tert-OH is 1. The molecule has 0 bridgehead atoms. The van der Waals surface area contributed by atoms with Gasteiger partial charge in [0.1, 0.15) is 0 Å². The number of carbonyl (C=O) groups is 2. The highest BCUT2D eigenvalue weighted by atomic mass is 35.5. The zero-order valence-electron chi connectivity index (χ0n) is 13.3. The molecule has 0 saturated carbocycles. The predicted octanol–water partition coefficient (Wildman–Crippen LogP) is 2.14. The van der Waals surface area contributed by atoms with Gasteiger partial charge in [0.05, 0.1) is 12.5 Å². The minimum atomic E-state index is -0.369. The van der Waals surface area contributed by atoms with Gasteiger partial charge in [-0.2, -0.15) is 0 Å². The van der Waals surface area contributed by atoms with Crippen LogP contribution in [0.1, 0.15) is 37.8 Å². The Morgan fingerprint density at radius 1 is 1.39 bits per heavy atom. The highest BCUT2D eigenvalue weighted by Crippen LogP contribution is 2.23. The van der Waals surface area contributed by atoms with Crippen molar-refractivity contribution in [3.8, 4) is 0 Å². The highest BCUT2D eigenvalue weighted by molar-refractivity contribution is 6.30. The van der Waals surface area contributed by atoms with Gasteiger partial charge in [0.2, 0.25) is 11.8 Å². The van der Waals surface area contributed by atoms with Crippen molar-refractivity contribution >= 4 is 23.4 Å². The van der Waals surface area contributed by atoms with Gasteiger partial charge in [-0.15, -0.1) is 0 Å². The molecule has 1 saturated heterocycles. The van der Waals surface area contributed by atoms with E-state index in [-0.39, 0.29) is 36.8 Å². The Hall–Kier alpha value is -1.59. The molecule has 1 fully saturated rings. The number of aliphatic hydroxyl groups is 1. The summed E-state index contributed by atoms with van der Waals surface area (Å²) in [5.74, 6) is -0.0241. The first-order chi connectivity index (χ1) is 11.0. The molecule has 1 aliphatic heterocycles. The third kappa shape index (κ3) is 5.22. The maximum Gasteiger partial charge on any atom is 0.224 e. The van der Waals surface area contributed by atoms with Crippen molar-refractivity contribution < 1.29 is 14.7 Å². The molecule has 1 aromatic rings. The van der Waals surface area contributed by atoms with Crippen LogP contribution in [0.5, 0.6) is 0 Å². The summed E-state index contributed by atoms with van der Waals surface area (Å²) in [6.07, 6.45) is 2.06. The Labute approximate surface area is 141 Å². The number of benzene rings is 1. The number of nitrogens with zero attached hydrogens (tertiary/aromatic N) is 1. The molecule has 5 nitrogen and oxygen atoms in total. The zero-order chi connectivity index (χ0) is 16.8. The number of nitrogens with one attached hydrogen (secondary N) is 1. The first-order valence-corrected chi connectivity index (χ1v) is 8.28. The van der Waals surface area contributed by atoms with E-state index in [1.807, 2.05) is 12.1 Å². The molecule has 6 heteroatoms. The van der Waals surface area contributed by atoms with Crippen LogP contribution in [0.3, 0.4) is 0 Å².